The Morgan fingerprint density at radius 2 is 1.50 bits per heavy atom. The molecule has 1 unspecified atom stereocenters. The first-order chi connectivity index (χ1) is 13.8. The fraction of sp³-hybridized carbons (Fsp3) is 0. The molecule has 1 atom stereocenters. The Hall–Kier alpha value is -3.29. The Kier molecular flexibility index (Phi) is 2.60. The largest absolute Gasteiger partial charge is 0.308 e. The minimum Gasteiger partial charge on any atom is -0.308 e. The average molecular weight is 375 g/mol. The molecule has 0 radical (unpaired) electrons. The molecule has 0 aliphatic carbocycles. The maximum Gasteiger partial charge on any atom is 0.116 e. The van der Waals surface area contributed by atoms with Crippen molar-refractivity contribution in [1.82, 2.24) is 14.4 Å². The summed E-state index contributed by atoms with van der Waals surface area (Å²) in [5.41, 5.74) is 5.64. The van der Waals surface area contributed by atoms with Crippen molar-refractivity contribution in [2.24, 2.45) is 0 Å². The van der Waals surface area contributed by atoms with Crippen molar-refractivity contribution in [1.29, 1.82) is 0 Å². The third kappa shape index (κ3) is 1.64. The van der Waals surface area contributed by atoms with Crippen molar-refractivity contribution in [3.8, 4) is 0 Å². The van der Waals surface area contributed by atoms with Crippen LogP contribution in [-0.2, 0) is 0 Å². The van der Waals surface area contributed by atoms with Crippen LogP contribution < -0.4 is 5.30 Å². The molecule has 0 N–H and O–H groups in total. The summed E-state index contributed by atoms with van der Waals surface area (Å²) in [5, 5.41) is 8.48. The summed E-state index contributed by atoms with van der Waals surface area (Å²) in [5.74, 6) is 0. The molecule has 3 nitrogen and oxygen atoms in total. The Balaban J connectivity index is 1.96. The molecule has 7 aromatic rings. The number of pyridine rings is 1. The molecule has 0 aliphatic heterocycles. The highest BCUT2D eigenvalue weighted by Gasteiger charge is 2.20. The lowest BCUT2D eigenvalue weighted by Gasteiger charge is -2.13. The SMILES string of the molecule is Pc1cc2ncnc3c4cc5ccccc5cc4n4c5ccccc5c1c4c23. The maximum absolute atomic E-state index is 4.74. The molecule has 4 heteroatoms. The van der Waals surface area contributed by atoms with Crippen LogP contribution in [0.15, 0.2) is 73.1 Å². The normalized spacial score (nSPS) is 12.5. The van der Waals surface area contributed by atoms with E-state index in [0.29, 0.717) is 0 Å². The molecule has 0 aliphatic rings. The topological polar surface area (TPSA) is 30.2 Å². The van der Waals surface area contributed by atoms with Crippen LogP contribution in [0.25, 0.3) is 59.9 Å². The summed E-state index contributed by atoms with van der Waals surface area (Å²) in [6, 6.07) is 23.9. The minimum absolute atomic E-state index is 0.991. The van der Waals surface area contributed by atoms with Gasteiger partial charge in [0, 0.05) is 16.2 Å². The van der Waals surface area contributed by atoms with Crippen LogP contribution in [-0.4, -0.2) is 14.4 Å². The number of hydrogen-bond donors (Lipinski definition) is 0. The van der Waals surface area contributed by atoms with E-state index in [0.717, 1.165) is 21.8 Å². The molecule has 130 valence electrons. The molecule has 0 saturated carbocycles. The van der Waals surface area contributed by atoms with Gasteiger partial charge in [-0.05, 0) is 40.3 Å². The van der Waals surface area contributed by atoms with Crippen LogP contribution >= 0.6 is 9.24 Å². The van der Waals surface area contributed by atoms with Gasteiger partial charge in [0.15, 0.2) is 0 Å². The zero-order valence-electron chi connectivity index (χ0n) is 14.8. The summed E-state index contributed by atoms with van der Waals surface area (Å²) in [6.07, 6.45) is 1.69. The molecule has 28 heavy (non-hydrogen) atoms. The summed E-state index contributed by atoms with van der Waals surface area (Å²) in [6.45, 7) is 0. The number of hydrogen-bond acceptors (Lipinski definition) is 2. The first-order valence-corrected chi connectivity index (χ1v) is 9.89. The summed E-state index contributed by atoms with van der Waals surface area (Å²) < 4.78 is 2.40. The van der Waals surface area contributed by atoms with E-state index in [1.807, 2.05) is 0 Å². The van der Waals surface area contributed by atoms with Crippen LogP contribution in [0.4, 0.5) is 0 Å². The lowest BCUT2D eigenvalue weighted by Crippen LogP contribution is -2.00. The summed E-state index contributed by atoms with van der Waals surface area (Å²) in [7, 11) is 2.91. The van der Waals surface area contributed by atoms with Gasteiger partial charge < -0.3 is 4.40 Å². The minimum atomic E-state index is 0.991. The fourth-order valence-electron chi connectivity index (χ4n) is 4.79. The predicted molar refractivity (Wildman–Crippen MR) is 121 cm³/mol. The van der Waals surface area contributed by atoms with Gasteiger partial charge in [-0.3, -0.25) is 0 Å². The van der Waals surface area contributed by atoms with Gasteiger partial charge in [0.1, 0.15) is 6.33 Å². The number of nitrogens with zero attached hydrogens (tertiary/aromatic N) is 3. The molecule has 0 amide bonds. The lowest BCUT2D eigenvalue weighted by atomic mass is 10.0. The second-order valence-corrected chi connectivity index (χ2v) is 8.00. The maximum atomic E-state index is 4.74. The smallest absolute Gasteiger partial charge is 0.116 e. The van der Waals surface area contributed by atoms with Crippen molar-refractivity contribution in [2.45, 2.75) is 0 Å². The molecule has 0 saturated heterocycles. The first-order valence-electron chi connectivity index (χ1n) is 9.31. The molecular formula is C24H14N3P. The zero-order valence-corrected chi connectivity index (χ0v) is 16.0. The van der Waals surface area contributed by atoms with Crippen molar-refractivity contribution in [3.05, 3.63) is 73.1 Å². The number of rotatable bonds is 0. The third-order valence-electron chi connectivity index (χ3n) is 5.93. The van der Waals surface area contributed by atoms with Gasteiger partial charge in [-0.2, -0.15) is 0 Å². The average Bonchev–Trinajstić information content (AvgIpc) is 3.09. The van der Waals surface area contributed by atoms with Crippen molar-refractivity contribution in [2.75, 3.05) is 0 Å². The monoisotopic (exact) mass is 375 g/mol. The highest BCUT2D eigenvalue weighted by atomic mass is 31.0. The van der Waals surface area contributed by atoms with E-state index >= 15 is 0 Å². The highest BCUT2D eigenvalue weighted by Crippen LogP contribution is 2.40. The quantitative estimate of drug-likeness (QED) is 0.201. The Bertz CT molecular complexity index is 1730. The number of aromatic nitrogens is 3. The van der Waals surface area contributed by atoms with Crippen molar-refractivity contribution in [3.63, 3.8) is 0 Å². The zero-order chi connectivity index (χ0) is 18.4. The van der Waals surface area contributed by atoms with Gasteiger partial charge in [0.25, 0.3) is 0 Å². The van der Waals surface area contributed by atoms with Gasteiger partial charge >= 0.3 is 0 Å². The van der Waals surface area contributed by atoms with E-state index in [-0.39, 0.29) is 0 Å². The molecule has 0 bridgehead atoms. The van der Waals surface area contributed by atoms with E-state index in [4.69, 9.17) is 4.98 Å². The molecule has 4 aromatic carbocycles. The van der Waals surface area contributed by atoms with E-state index in [9.17, 15) is 0 Å². The van der Waals surface area contributed by atoms with Crippen LogP contribution in [0, 0.1) is 0 Å². The van der Waals surface area contributed by atoms with Crippen molar-refractivity contribution >= 4 is 74.4 Å². The Labute approximate surface area is 162 Å². The van der Waals surface area contributed by atoms with Gasteiger partial charge in [-0.25, -0.2) is 9.97 Å². The van der Waals surface area contributed by atoms with E-state index in [1.54, 1.807) is 6.33 Å². The second kappa shape index (κ2) is 4.95. The van der Waals surface area contributed by atoms with Crippen molar-refractivity contribution < 1.29 is 0 Å². The van der Waals surface area contributed by atoms with E-state index in [1.165, 1.54) is 43.4 Å². The second-order valence-electron chi connectivity index (χ2n) is 7.37. The van der Waals surface area contributed by atoms with Gasteiger partial charge in [-0.1, -0.05) is 42.5 Å². The molecule has 0 spiro atoms. The highest BCUT2D eigenvalue weighted by molar-refractivity contribution is 7.28. The Morgan fingerprint density at radius 1 is 0.714 bits per heavy atom. The number of fused-ring (bicyclic) bond motifs is 7. The van der Waals surface area contributed by atoms with Crippen LogP contribution in [0.5, 0.6) is 0 Å². The molecule has 0 fully saturated rings. The van der Waals surface area contributed by atoms with Crippen LogP contribution in [0.1, 0.15) is 0 Å². The number of para-hydroxylation sites is 1. The van der Waals surface area contributed by atoms with Gasteiger partial charge in [0.05, 0.1) is 33.0 Å². The number of benzene rings is 4. The summed E-state index contributed by atoms with van der Waals surface area (Å²) >= 11 is 0. The van der Waals surface area contributed by atoms with E-state index < -0.39 is 0 Å². The molecule has 3 heterocycles. The predicted octanol–water partition coefficient (Wildman–Crippen LogP) is 5.43. The molecule has 7 rings (SSSR count). The first kappa shape index (κ1) is 14.7. The molecular weight excluding hydrogens is 361 g/mol. The van der Waals surface area contributed by atoms with Gasteiger partial charge in [0.2, 0.25) is 0 Å². The standard InChI is InChI=1S/C24H14N3P/c28-20-11-17-22-23(26-12-25-17)16-9-13-5-1-2-6-14(13)10-19(16)27-18-8-4-3-7-15(18)21(20)24(22)27/h1-12H,28H2. The van der Waals surface area contributed by atoms with Crippen LogP contribution in [0.3, 0.4) is 0 Å². The Morgan fingerprint density at radius 3 is 2.39 bits per heavy atom. The van der Waals surface area contributed by atoms with Gasteiger partial charge in [-0.15, -0.1) is 9.24 Å². The summed E-state index contributed by atoms with van der Waals surface area (Å²) in [4.78, 5) is 9.33. The third-order valence-corrected chi connectivity index (χ3v) is 6.38. The fourth-order valence-corrected chi connectivity index (χ4v) is 5.24. The lowest BCUT2D eigenvalue weighted by molar-refractivity contribution is 1.26. The molecule has 3 aromatic heterocycles. The van der Waals surface area contributed by atoms with Crippen LogP contribution in [0.2, 0.25) is 0 Å². The van der Waals surface area contributed by atoms with E-state index in [2.05, 4.69) is 85.4 Å².